The lowest BCUT2D eigenvalue weighted by molar-refractivity contribution is -0.114. The quantitative estimate of drug-likeness (QED) is 0.441. The molecule has 164 valence electrons. The highest BCUT2D eigenvalue weighted by atomic mass is 16.6. The van der Waals surface area contributed by atoms with Gasteiger partial charge in [-0.25, -0.2) is 4.79 Å². The number of nitrogens with zero attached hydrogens (tertiary/aromatic N) is 1. The summed E-state index contributed by atoms with van der Waals surface area (Å²) in [5.74, 6) is 0. The Hall–Kier alpha value is -3.40. The van der Waals surface area contributed by atoms with Gasteiger partial charge in [0.15, 0.2) is 0 Å². The average Bonchev–Trinajstić information content (AvgIpc) is 2.88. The van der Waals surface area contributed by atoms with E-state index in [4.69, 9.17) is 4.74 Å². The zero-order chi connectivity index (χ0) is 22.2. The first-order chi connectivity index (χ1) is 15.7. The van der Waals surface area contributed by atoms with Gasteiger partial charge in [0, 0.05) is 12.6 Å². The minimum Gasteiger partial charge on any atom is -0.445 e. The Morgan fingerprint density at radius 3 is 1.94 bits per heavy atom. The van der Waals surface area contributed by atoms with Crippen LogP contribution in [0.2, 0.25) is 0 Å². The lowest BCUT2D eigenvalue weighted by atomic mass is 9.69. The van der Waals surface area contributed by atoms with Crippen LogP contribution in [-0.2, 0) is 28.1 Å². The Morgan fingerprint density at radius 1 is 0.844 bits per heavy atom. The monoisotopic (exact) mass is 427 g/mol. The molecule has 0 radical (unpaired) electrons. The highest BCUT2D eigenvalue weighted by molar-refractivity contribution is 5.70. The van der Waals surface area contributed by atoms with Crippen molar-refractivity contribution in [3.05, 3.63) is 108 Å². The molecule has 1 fully saturated rings. The molecule has 0 heterocycles. The fourth-order valence-electron chi connectivity index (χ4n) is 4.60. The number of hydrogen-bond donors (Lipinski definition) is 0. The van der Waals surface area contributed by atoms with Crippen molar-refractivity contribution in [3.63, 3.8) is 0 Å². The van der Waals surface area contributed by atoms with Gasteiger partial charge in [0.05, 0.1) is 5.41 Å². The number of aldehydes is 1. The first kappa shape index (κ1) is 21.8. The molecule has 3 aromatic carbocycles. The molecular weight excluding hydrogens is 398 g/mol. The summed E-state index contributed by atoms with van der Waals surface area (Å²) in [7, 11) is 0. The van der Waals surface area contributed by atoms with Gasteiger partial charge in [-0.2, -0.15) is 0 Å². The van der Waals surface area contributed by atoms with Crippen molar-refractivity contribution in [2.24, 2.45) is 0 Å². The van der Waals surface area contributed by atoms with Gasteiger partial charge in [-0.05, 0) is 42.4 Å². The van der Waals surface area contributed by atoms with Crippen molar-refractivity contribution in [2.75, 3.05) is 0 Å². The number of carbonyl (C=O) groups is 2. The molecule has 0 unspecified atom stereocenters. The Balaban J connectivity index is 1.48. The van der Waals surface area contributed by atoms with Gasteiger partial charge in [0.1, 0.15) is 12.9 Å². The molecule has 4 heteroatoms. The van der Waals surface area contributed by atoms with E-state index in [2.05, 4.69) is 0 Å². The molecule has 1 aliphatic carbocycles. The van der Waals surface area contributed by atoms with E-state index < -0.39 is 5.41 Å². The maximum Gasteiger partial charge on any atom is 0.410 e. The van der Waals surface area contributed by atoms with Crippen LogP contribution >= 0.6 is 0 Å². The summed E-state index contributed by atoms with van der Waals surface area (Å²) < 4.78 is 5.70. The fourth-order valence-corrected chi connectivity index (χ4v) is 4.60. The van der Waals surface area contributed by atoms with Crippen LogP contribution < -0.4 is 0 Å². The van der Waals surface area contributed by atoms with E-state index in [1.807, 2.05) is 95.9 Å². The van der Waals surface area contributed by atoms with Crippen molar-refractivity contribution in [3.8, 4) is 0 Å². The summed E-state index contributed by atoms with van der Waals surface area (Å²) >= 11 is 0. The minimum atomic E-state index is -0.468. The summed E-state index contributed by atoms with van der Waals surface area (Å²) in [4.78, 5) is 27.1. The smallest absolute Gasteiger partial charge is 0.410 e. The second kappa shape index (κ2) is 10.3. The predicted molar refractivity (Wildman–Crippen MR) is 125 cm³/mol. The molecule has 0 bridgehead atoms. The van der Waals surface area contributed by atoms with E-state index in [1.165, 1.54) is 0 Å². The third kappa shape index (κ3) is 5.08. The van der Waals surface area contributed by atoms with Crippen LogP contribution in [0.25, 0.3) is 0 Å². The SMILES string of the molecule is O=CC1(c2ccccc2)CCC(N(Cc2ccccc2)C(=O)OCc2ccccc2)CC1. The largest absolute Gasteiger partial charge is 0.445 e. The van der Waals surface area contributed by atoms with Crippen LogP contribution in [0.5, 0.6) is 0 Å². The fraction of sp³-hybridized carbons (Fsp3) is 0.286. The van der Waals surface area contributed by atoms with Gasteiger partial charge in [-0.1, -0.05) is 91.0 Å². The van der Waals surface area contributed by atoms with Gasteiger partial charge in [-0.15, -0.1) is 0 Å². The van der Waals surface area contributed by atoms with Crippen LogP contribution in [0.4, 0.5) is 4.79 Å². The number of ether oxygens (including phenoxy) is 1. The second-order valence-corrected chi connectivity index (χ2v) is 8.52. The molecule has 0 saturated heterocycles. The number of benzene rings is 3. The van der Waals surface area contributed by atoms with E-state index >= 15 is 0 Å². The molecule has 1 amide bonds. The Morgan fingerprint density at radius 2 is 1.38 bits per heavy atom. The van der Waals surface area contributed by atoms with Crippen LogP contribution in [-0.4, -0.2) is 23.3 Å². The maximum absolute atomic E-state index is 13.2. The van der Waals surface area contributed by atoms with E-state index in [1.54, 1.807) is 0 Å². The van der Waals surface area contributed by atoms with Crippen LogP contribution in [0, 0.1) is 0 Å². The maximum atomic E-state index is 13.2. The van der Waals surface area contributed by atoms with E-state index in [9.17, 15) is 9.59 Å². The lowest BCUT2D eigenvalue weighted by Gasteiger charge is -2.40. The van der Waals surface area contributed by atoms with Crippen LogP contribution in [0.1, 0.15) is 42.4 Å². The molecule has 4 rings (SSSR count). The summed E-state index contributed by atoms with van der Waals surface area (Å²) in [5.41, 5.74) is 2.63. The third-order valence-electron chi connectivity index (χ3n) is 6.50. The second-order valence-electron chi connectivity index (χ2n) is 8.52. The van der Waals surface area contributed by atoms with Crippen molar-refractivity contribution >= 4 is 12.4 Å². The molecule has 0 N–H and O–H groups in total. The normalized spacial score (nSPS) is 20.3. The summed E-state index contributed by atoms with van der Waals surface area (Å²) in [5, 5.41) is 0. The number of hydrogen-bond acceptors (Lipinski definition) is 3. The Bertz CT molecular complexity index is 997. The molecule has 0 aromatic heterocycles. The van der Waals surface area contributed by atoms with E-state index in [0.717, 1.165) is 48.7 Å². The number of carbonyl (C=O) groups excluding carboxylic acids is 2. The highest BCUT2D eigenvalue weighted by Gasteiger charge is 2.39. The number of rotatable bonds is 7. The Kier molecular flexibility index (Phi) is 7.00. The highest BCUT2D eigenvalue weighted by Crippen LogP contribution is 2.39. The predicted octanol–water partition coefficient (Wildman–Crippen LogP) is 5.90. The third-order valence-corrected chi connectivity index (χ3v) is 6.50. The molecular formula is C28H29NO3. The first-order valence-corrected chi connectivity index (χ1v) is 11.2. The van der Waals surface area contributed by atoms with Gasteiger partial charge in [0.2, 0.25) is 0 Å². The molecule has 1 aliphatic rings. The van der Waals surface area contributed by atoms with Crippen LogP contribution in [0.15, 0.2) is 91.0 Å². The lowest BCUT2D eigenvalue weighted by Crippen LogP contribution is -2.45. The summed E-state index contributed by atoms with van der Waals surface area (Å²) in [6.45, 7) is 0.749. The topological polar surface area (TPSA) is 46.6 Å². The van der Waals surface area contributed by atoms with Crippen molar-refractivity contribution in [2.45, 2.75) is 50.3 Å². The standard InChI is InChI=1S/C28H29NO3/c30-22-28(25-14-8-3-9-15-25)18-16-26(17-19-28)29(20-23-10-4-1-5-11-23)27(31)32-21-24-12-6-2-7-13-24/h1-15,22,26H,16-21H2. The minimum absolute atomic E-state index is 0.0373. The summed E-state index contributed by atoms with van der Waals surface area (Å²) in [6, 6.07) is 29.8. The van der Waals surface area contributed by atoms with Crippen molar-refractivity contribution < 1.29 is 14.3 Å². The van der Waals surface area contributed by atoms with E-state index in [-0.39, 0.29) is 18.7 Å². The molecule has 0 atom stereocenters. The van der Waals surface area contributed by atoms with Gasteiger partial charge >= 0.3 is 6.09 Å². The first-order valence-electron chi connectivity index (χ1n) is 11.2. The average molecular weight is 428 g/mol. The molecule has 0 aliphatic heterocycles. The van der Waals surface area contributed by atoms with Gasteiger partial charge in [-0.3, -0.25) is 0 Å². The van der Waals surface area contributed by atoms with E-state index in [0.29, 0.717) is 6.54 Å². The van der Waals surface area contributed by atoms with Crippen molar-refractivity contribution in [1.29, 1.82) is 0 Å². The number of amides is 1. The molecule has 4 nitrogen and oxygen atoms in total. The van der Waals surface area contributed by atoms with Gasteiger partial charge in [0.25, 0.3) is 0 Å². The zero-order valence-corrected chi connectivity index (χ0v) is 18.2. The molecule has 3 aromatic rings. The zero-order valence-electron chi connectivity index (χ0n) is 18.2. The van der Waals surface area contributed by atoms with Crippen molar-refractivity contribution in [1.82, 2.24) is 4.90 Å². The molecule has 0 spiro atoms. The molecule has 1 saturated carbocycles. The van der Waals surface area contributed by atoms with Gasteiger partial charge < -0.3 is 14.4 Å². The molecule has 32 heavy (non-hydrogen) atoms. The summed E-state index contributed by atoms with van der Waals surface area (Å²) in [6.07, 6.45) is 3.78. The Labute approximate surface area is 189 Å². The van der Waals surface area contributed by atoms with Crippen LogP contribution in [0.3, 0.4) is 0 Å².